The Kier molecular flexibility index (Phi) is 3.99. The second kappa shape index (κ2) is 5.57. The summed E-state index contributed by atoms with van der Waals surface area (Å²) in [5, 5.41) is 8.65. The highest BCUT2D eigenvalue weighted by Crippen LogP contribution is 2.41. The third-order valence-corrected chi connectivity index (χ3v) is 3.23. The number of ether oxygens (including phenoxy) is 1. The van der Waals surface area contributed by atoms with Crippen LogP contribution in [-0.2, 0) is 0 Å². The highest BCUT2D eigenvalue weighted by Gasteiger charge is 2.24. The van der Waals surface area contributed by atoms with E-state index in [0.717, 1.165) is 12.1 Å². The van der Waals surface area contributed by atoms with Gasteiger partial charge in [-0.3, -0.25) is 0 Å². The first kappa shape index (κ1) is 15.1. The summed E-state index contributed by atoms with van der Waals surface area (Å²) in [6.45, 7) is 0. The highest BCUT2D eigenvalue weighted by atomic mass is 35.5. The molecule has 0 radical (unpaired) electrons. The molecule has 2 aromatic carbocycles. The lowest BCUT2D eigenvalue weighted by atomic mass is 9.99. The SMILES string of the molecule is COc1cccc(F)c1-c1c(Cl)cc(C(=O)O)c(N)c1F. The van der Waals surface area contributed by atoms with Gasteiger partial charge in [0.05, 0.1) is 28.9 Å². The van der Waals surface area contributed by atoms with Crippen LogP contribution in [-0.4, -0.2) is 18.2 Å². The van der Waals surface area contributed by atoms with Gasteiger partial charge in [-0.25, -0.2) is 13.6 Å². The maximum atomic E-state index is 14.4. The number of carboxylic acids is 1. The number of hydrogen-bond donors (Lipinski definition) is 2. The number of rotatable bonds is 3. The minimum atomic E-state index is -1.43. The summed E-state index contributed by atoms with van der Waals surface area (Å²) in [5.41, 5.74) is 3.79. The number of anilines is 1. The molecule has 0 aliphatic carbocycles. The number of nitrogen functional groups attached to an aromatic ring is 1. The van der Waals surface area contributed by atoms with Crippen LogP contribution in [0.5, 0.6) is 5.75 Å². The lowest BCUT2D eigenvalue weighted by Crippen LogP contribution is -2.07. The van der Waals surface area contributed by atoms with E-state index in [2.05, 4.69) is 0 Å². The topological polar surface area (TPSA) is 72.5 Å². The monoisotopic (exact) mass is 313 g/mol. The fraction of sp³-hybridized carbons (Fsp3) is 0.0714. The number of carbonyl (C=O) groups is 1. The molecule has 0 aliphatic heterocycles. The van der Waals surface area contributed by atoms with E-state index in [9.17, 15) is 13.6 Å². The van der Waals surface area contributed by atoms with E-state index >= 15 is 0 Å². The Morgan fingerprint density at radius 3 is 2.57 bits per heavy atom. The minimum absolute atomic E-state index is 0.0540. The highest BCUT2D eigenvalue weighted by molar-refractivity contribution is 6.34. The molecule has 21 heavy (non-hydrogen) atoms. The van der Waals surface area contributed by atoms with E-state index in [1.807, 2.05) is 0 Å². The molecular formula is C14H10ClF2NO3. The molecule has 110 valence electrons. The fourth-order valence-corrected chi connectivity index (χ4v) is 2.24. The van der Waals surface area contributed by atoms with Crippen molar-refractivity contribution in [2.24, 2.45) is 0 Å². The van der Waals surface area contributed by atoms with Crippen molar-refractivity contribution < 1.29 is 23.4 Å². The van der Waals surface area contributed by atoms with Gasteiger partial charge >= 0.3 is 5.97 Å². The van der Waals surface area contributed by atoms with Gasteiger partial charge < -0.3 is 15.6 Å². The van der Waals surface area contributed by atoms with E-state index in [-0.39, 0.29) is 21.9 Å². The van der Waals surface area contributed by atoms with Crippen LogP contribution in [0, 0.1) is 11.6 Å². The van der Waals surface area contributed by atoms with E-state index < -0.39 is 28.9 Å². The average Bonchev–Trinajstić information content (AvgIpc) is 2.44. The van der Waals surface area contributed by atoms with Gasteiger partial charge in [0, 0.05) is 5.56 Å². The molecule has 0 heterocycles. The molecule has 2 aromatic rings. The maximum absolute atomic E-state index is 14.4. The number of methoxy groups -OCH3 is 1. The van der Waals surface area contributed by atoms with Gasteiger partial charge in [-0.05, 0) is 18.2 Å². The van der Waals surface area contributed by atoms with E-state index in [4.69, 9.17) is 27.2 Å². The number of carboxylic acid groups (broad SMARTS) is 1. The minimum Gasteiger partial charge on any atom is -0.496 e. The third kappa shape index (κ3) is 2.50. The lowest BCUT2D eigenvalue weighted by Gasteiger charge is -2.14. The number of aromatic carboxylic acids is 1. The molecule has 4 nitrogen and oxygen atoms in total. The first-order valence-corrected chi connectivity index (χ1v) is 6.10. The van der Waals surface area contributed by atoms with Crippen molar-refractivity contribution in [3.8, 4) is 16.9 Å². The summed E-state index contributed by atoms with van der Waals surface area (Å²) in [5.74, 6) is -3.25. The normalized spacial score (nSPS) is 10.5. The maximum Gasteiger partial charge on any atom is 0.337 e. The van der Waals surface area contributed by atoms with E-state index in [0.29, 0.717) is 0 Å². The molecule has 0 aliphatic rings. The number of hydrogen-bond acceptors (Lipinski definition) is 3. The molecular weight excluding hydrogens is 304 g/mol. The summed E-state index contributed by atoms with van der Waals surface area (Å²) >= 11 is 5.91. The smallest absolute Gasteiger partial charge is 0.337 e. The predicted octanol–water partition coefficient (Wildman–Crippen LogP) is 3.57. The van der Waals surface area contributed by atoms with Crippen LogP contribution in [0.4, 0.5) is 14.5 Å². The van der Waals surface area contributed by atoms with E-state index in [1.165, 1.54) is 19.2 Å². The van der Waals surface area contributed by atoms with Crippen molar-refractivity contribution >= 4 is 23.3 Å². The van der Waals surface area contributed by atoms with E-state index in [1.54, 1.807) is 0 Å². The molecule has 0 spiro atoms. The zero-order valence-corrected chi connectivity index (χ0v) is 11.5. The molecule has 2 rings (SSSR count). The molecule has 0 bridgehead atoms. The Bertz CT molecular complexity index is 735. The Labute approximate surface area is 123 Å². The van der Waals surface area contributed by atoms with Crippen LogP contribution in [0.2, 0.25) is 5.02 Å². The third-order valence-electron chi connectivity index (χ3n) is 2.93. The average molecular weight is 314 g/mol. The number of halogens is 3. The van der Waals surface area contributed by atoms with Gasteiger partial charge in [0.2, 0.25) is 0 Å². The first-order chi connectivity index (χ1) is 9.88. The molecule has 3 N–H and O–H groups in total. The first-order valence-electron chi connectivity index (χ1n) is 5.72. The molecule has 0 fully saturated rings. The zero-order chi connectivity index (χ0) is 15.7. The second-order valence-electron chi connectivity index (χ2n) is 4.13. The van der Waals surface area contributed by atoms with Gasteiger partial charge in [-0.2, -0.15) is 0 Å². The lowest BCUT2D eigenvalue weighted by molar-refractivity contribution is 0.0697. The quantitative estimate of drug-likeness (QED) is 0.850. The van der Waals surface area contributed by atoms with Gasteiger partial charge in [0.25, 0.3) is 0 Å². The van der Waals surface area contributed by atoms with Gasteiger partial charge in [-0.1, -0.05) is 17.7 Å². The molecule has 0 unspecified atom stereocenters. The Hall–Kier alpha value is -2.34. The summed E-state index contributed by atoms with van der Waals surface area (Å²) in [4.78, 5) is 11.0. The Morgan fingerprint density at radius 2 is 2.00 bits per heavy atom. The van der Waals surface area contributed by atoms with Crippen molar-refractivity contribution in [2.45, 2.75) is 0 Å². The van der Waals surface area contributed by atoms with Crippen molar-refractivity contribution in [1.29, 1.82) is 0 Å². The number of nitrogens with two attached hydrogens (primary N) is 1. The van der Waals surface area contributed by atoms with Gasteiger partial charge in [0.1, 0.15) is 11.6 Å². The molecule has 0 saturated carbocycles. The molecule has 0 atom stereocenters. The largest absolute Gasteiger partial charge is 0.496 e. The molecule has 0 aromatic heterocycles. The van der Waals surface area contributed by atoms with Crippen LogP contribution >= 0.6 is 11.6 Å². The fourth-order valence-electron chi connectivity index (χ4n) is 1.96. The van der Waals surface area contributed by atoms with Gasteiger partial charge in [0.15, 0.2) is 5.82 Å². The molecule has 7 heteroatoms. The van der Waals surface area contributed by atoms with Crippen LogP contribution in [0.25, 0.3) is 11.1 Å². The Balaban J connectivity index is 2.83. The van der Waals surface area contributed by atoms with Crippen LogP contribution in [0.15, 0.2) is 24.3 Å². The Morgan fingerprint density at radius 1 is 1.33 bits per heavy atom. The van der Waals surface area contributed by atoms with Crippen LogP contribution in [0.3, 0.4) is 0 Å². The molecule has 0 amide bonds. The summed E-state index contributed by atoms with van der Waals surface area (Å²) < 4.78 is 33.4. The van der Waals surface area contributed by atoms with Crippen molar-refractivity contribution in [3.05, 3.63) is 46.5 Å². The summed E-state index contributed by atoms with van der Waals surface area (Å²) in [6, 6.07) is 4.90. The number of benzene rings is 2. The van der Waals surface area contributed by atoms with Crippen LogP contribution < -0.4 is 10.5 Å². The zero-order valence-electron chi connectivity index (χ0n) is 10.8. The van der Waals surface area contributed by atoms with Crippen molar-refractivity contribution in [3.63, 3.8) is 0 Å². The molecule has 0 saturated heterocycles. The summed E-state index contributed by atoms with van der Waals surface area (Å²) in [7, 11) is 1.29. The predicted molar refractivity (Wildman–Crippen MR) is 74.7 cm³/mol. The summed E-state index contributed by atoms with van der Waals surface area (Å²) in [6.07, 6.45) is 0. The standard InChI is InChI=1S/C14H10ClF2NO3/c1-21-9-4-2-3-8(16)11(9)10-7(15)5-6(14(19)20)13(18)12(10)17/h2-5H,18H2,1H3,(H,19,20). The van der Waals surface area contributed by atoms with Crippen molar-refractivity contribution in [2.75, 3.05) is 12.8 Å². The van der Waals surface area contributed by atoms with Gasteiger partial charge in [-0.15, -0.1) is 0 Å². The van der Waals surface area contributed by atoms with Crippen molar-refractivity contribution in [1.82, 2.24) is 0 Å². The second-order valence-corrected chi connectivity index (χ2v) is 4.54. The van der Waals surface area contributed by atoms with Crippen LogP contribution in [0.1, 0.15) is 10.4 Å².